The quantitative estimate of drug-likeness (QED) is 0.763. The normalized spacial score (nSPS) is 22.4. The van der Waals surface area contributed by atoms with E-state index in [2.05, 4.69) is 6.92 Å². The Morgan fingerprint density at radius 2 is 2.00 bits per heavy atom. The summed E-state index contributed by atoms with van der Waals surface area (Å²) in [6, 6.07) is -0.688. The number of aliphatic carboxylic acids is 1. The predicted molar refractivity (Wildman–Crippen MR) is 78.7 cm³/mol. The Morgan fingerprint density at radius 1 is 1.35 bits per heavy atom. The summed E-state index contributed by atoms with van der Waals surface area (Å²) >= 11 is 0. The van der Waals surface area contributed by atoms with Crippen LogP contribution in [0.4, 0.5) is 4.79 Å². The molecule has 1 aliphatic heterocycles. The van der Waals surface area contributed by atoms with Gasteiger partial charge in [0.2, 0.25) is 0 Å². The minimum Gasteiger partial charge on any atom is -0.480 e. The number of carboxylic acid groups (broad SMARTS) is 1. The van der Waals surface area contributed by atoms with Gasteiger partial charge < -0.3 is 14.9 Å². The number of hydrogen-bond acceptors (Lipinski definition) is 2. The number of rotatable bonds is 6. The van der Waals surface area contributed by atoms with Crippen LogP contribution in [-0.4, -0.2) is 52.1 Å². The Kier molecular flexibility index (Phi) is 6.30. The van der Waals surface area contributed by atoms with E-state index in [0.29, 0.717) is 13.1 Å². The number of hydrogen-bond donors (Lipinski definition) is 1. The molecule has 2 atom stereocenters. The van der Waals surface area contributed by atoms with E-state index in [9.17, 15) is 14.7 Å². The second kappa shape index (κ2) is 7.50. The fourth-order valence-corrected chi connectivity index (χ4v) is 2.81. The largest absolute Gasteiger partial charge is 0.480 e. The van der Waals surface area contributed by atoms with Crippen LogP contribution < -0.4 is 0 Å². The van der Waals surface area contributed by atoms with Crippen molar-refractivity contribution in [1.82, 2.24) is 9.80 Å². The number of nitrogens with zero attached hydrogens (tertiary/aromatic N) is 2. The van der Waals surface area contributed by atoms with E-state index in [1.807, 2.05) is 25.7 Å². The molecular formula is C15H28N2O3. The molecule has 0 bridgehead atoms. The molecule has 0 aliphatic carbocycles. The molecular weight excluding hydrogens is 256 g/mol. The van der Waals surface area contributed by atoms with E-state index in [1.54, 1.807) is 4.90 Å². The fraction of sp³-hybridized carbons (Fsp3) is 0.867. The average molecular weight is 284 g/mol. The smallest absolute Gasteiger partial charge is 0.326 e. The van der Waals surface area contributed by atoms with Crippen LogP contribution in [0.1, 0.15) is 53.4 Å². The second-order valence-electron chi connectivity index (χ2n) is 6.02. The first-order valence-electron chi connectivity index (χ1n) is 7.70. The van der Waals surface area contributed by atoms with Crippen molar-refractivity contribution in [2.45, 2.75) is 65.5 Å². The third-order valence-electron chi connectivity index (χ3n) is 4.07. The van der Waals surface area contributed by atoms with E-state index in [0.717, 1.165) is 25.7 Å². The van der Waals surface area contributed by atoms with Gasteiger partial charge in [0.1, 0.15) is 6.04 Å². The maximum absolute atomic E-state index is 12.6. The lowest BCUT2D eigenvalue weighted by Crippen LogP contribution is -2.51. The van der Waals surface area contributed by atoms with Gasteiger partial charge in [-0.15, -0.1) is 0 Å². The van der Waals surface area contributed by atoms with Gasteiger partial charge in [-0.2, -0.15) is 0 Å². The van der Waals surface area contributed by atoms with E-state index < -0.39 is 12.0 Å². The first kappa shape index (κ1) is 16.8. The molecule has 5 nitrogen and oxygen atoms in total. The Hall–Kier alpha value is -1.26. The number of carbonyl (C=O) groups excluding carboxylic acids is 1. The highest BCUT2D eigenvalue weighted by molar-refractivity contribution is 5.83. The van der Waals surface area contributed by atoms with Gasteiger partial charge in [0.15, 0.2) is 0 Å². The lowest BCUT2D eigenvalue weighted by atomic mass is 10.0. The molecule has 1 fully saturated rings. The zero-order valence-electron chi connectivity index (χ0n) is 13.1. The summed E-state index contributed by atoms with van der Waals surface area (Å²) in [5.41, 5.74) is 0. The lowest BCUT2D eigenvalue weighted by Gasteiger charge is -2.33. The topological polar surface area (TPSA) is 60.9 Å². The van der Waals surface area contributed by atoms with Crippen molar-refractivity contribution in [3.63, 3.8) is 0 Å². The van der Waals surface area contributed by atoms with Crippen LogP contribution in [-0.2, 0) is 4.79 Å². The zero-order chi connectivity index (χ0) is 15.3. The fourth-order valence-electron chi connectivity index (χ4n) is 2.81. The highest BCUT2D eigenvalue weighted by atomic mass is 16.4. The molecule has 1 saturated heterocycles. The van der Waals surface area contributed by atoms with Crippen LogP contribution in [0, 0.1) is 5.92 Å². The van der Waals surface area contributed by atoms with Crippen molar-refractivity contribution in [2.24, 2.45) is 5.92 Å². The number of carboxylic acids is 1. The monoisotopic (exact) mass is 284 g/mol. The van der Waals surface area contributed by atoms with Gasteiger partial charge in [0, 0.05) is 19.1 Å². The van der Waals surface area contributed by atoms with Crippen molar-refractivity contribution >= 4 is 12.0 Å². The van der Waals surface area contributed by atoms with Gasteiger partial charge in [-0.25, -0.2) is 9.59 Å². The van der Waals surface area contributed by atoms with Crippen LogP contribution >= 0.6 is 0 Å². The van der Waals surface area contributed by atoms with Crippen LogP contribution in [0.15, 0.2) is 0 Å². The summed E-state index contributed by atoms with van der Waals surface area (Å²) in [6.45, 7) is 9.26. The molecule has 1 rings (SSSR count). The van der Waals surface area contributed by atoms with Gasteiger partial charge in [0.25, 0.3) is 0 Å². The molecule has 1 N–H and O–H groups in total. The molecule has 0 saturated carbocycles. The molecule has 0 aromatic carbocycles. The van der Waals surface area contributed by atoms with Crippen LogP contribution in [0.25, 0.3) is 0 Å². The minimum atomic E-state index is -0.888. The van der Waals surface area contributed by atoms with E-state index in [1.165, 1.54) is 0 Å². The van der Waals surface area contributed by atoms with Gasteiger partial charge >= 0.3 is 12.0 Å². The van der Waals surface area contributed by atoms with Gasteiger partial charge in [-0.05, 0) is 32.6 Å². The van der Waals surface area contributed by atoms with Gasteiger partial charge in [-0.3, -0.25) is 0 Å². The Morgan fingerprint density at radius 3 is 2.50 bits per heavy atom. The van der Waals surface area contributed by atoms with Gasteiger partial charge in [0.05, 0.1) is 0 Å². The summed E-state index contributed by atoms with van der Waals surface area (Å²) < 4.78 is 0. The summed E-state index contributed by atoms with van der Waals surface area (Å²) in [7, 11) is 0. The van der Waals surface area contributed by atoms with Crippen molar-refractivity contribution in [2.75, 3.05) is 13.1 Å². The van der Waals surface area contributed by atoms with Crippen molar-refractivity contribution in [1.29, 1.82) is 0 Å². The molecule has 0 spiro atoms. The van der Waals surface area contributed by atoms with Crippen molar-refractivity contribution < 1.29 is 14.7 Å². The molecule has 0 radical (unpaired) electrons. The Bertz CT molecular complexity index is 344. The van der Waals surface area contributed by atoms with Crippen LogP contribution in [0.3, 0.4) is 0 Å². The molecule has 5 heteroatoms. The summed E-state index contributed by atoms with van der Waals surface area (Å²) in [5, 5.41) is 9.33. The van der Waals surface area contributed by atoms with Crippen molar-refractivity contribution in [3.8, 4) is 0 Å². The third-order valence-corrected chi connectivity index (χ3v) is 4.07. The van der Waals surface area contributed by atoms with Crippen molar-refractivity contribution in [3.05, 3.63) is 0 Å². The first-order valence-corrected chi connectivity index (χ1v) is 7.70. The van der Waals surface area contributed by atoms with Crippen LogP contribution in [0.2, 0.25) is 0 Å². The van der Waals surface area contributed by atoms with Crippen LogP contribution in [0.5, 0.6) is 0 Å². The average Bonchev–Trinajstić information content (AvgIpc) is 2.75. The SMILES string of the molecule is CCCCCN(C(=O)N1CCC(C)C1C(=O)O)C(C)C. The predicted octanol–water partition coefficient (Wildman–Crippen LogP) is 2.80. The maximum atomic E-state index is 12.6. The third kappa shape index (κ3) is 3.87. The standard InChI is InChI=1S/C15H28N2O3/c1-5-6-7-9-16(11(2)3)15(20)17-10-8-12(4)13(17)14(18)19/h11-13H,5-10H2,1-4H3,(H,18,19). The zero-order valence-corrected chi connectivity index (χ0v) is 13.1. The Labute approximate surface area is 121 Å². The number of carbonyl (C=O) groups is 2. The molecule has 2 amide bonds. The lowest BCUT2D eigenvalue weighted by molar-refractivity contribution is -0.142. The molecule has 0 aromatic rings. The Balaban J connectivity index is 2.75. The van der Waals surface area contributed by atoms with E-state index in [-0.39, 0.29) is 18.0 Å². The number of amides is 2. The molecule has 116 valence electrons. The number of likely N-dealkylation sites (tertiary alicyclic amines) is 1. The molecule has 2 unspecified atom stereocenters. The minimum absolute atomic E-state index is 0.0288. The molecule has 1 aliphatic rings. The summed E-state index contributed by atoms with van der Waals surface area (Å²) in [4.78, 5) is 27.3. The highest BCUT2D eigenvalue weighted by Crippen LogP contribution is 2.26. The summed E-state index contributed by atoms with van der Waals surface area (Å²) in [6.07, 6.45) is 3.94. The van der Waals surface area contributed by atoms with E-state index in [4.69, 9.17) is 0 Å². The number of unbranched alkanes of at least 4 members (excludes halogenated alkanes) is 2. The number of urea groups is 1. The maximum Gasteiger partial charge on any atom is 0.326 e. The van der Waals surface area contributed by atoms with Gasteiger partial charge in [-0.1, -0.05) is 26.7 Å². The molecule has 1 heterocycles. The highest BCUT2D eigenvalue weighted by Gasteiger charge is 2.41. The summed E-state index contributed by atoms with van der Waals surface area (Å²) in [5.74, 6) is -0.860. The first-order chi connectivity index (χ1) is 9.40. The molecule has 20 heavy (non-hydrogen) atoms. The molecule has 0 aromatic heterocycles. The second-order valence-corrected chi connectivity index (χ2v) is 6.02. The van der Waals surface area contributed by atoms with E-state index >= 15 is 0 Å².